The highest BCUT2D eigenvalue weighted by Gasteiger charge is 1.98. The summed E-state index contributed by atoms with van der Waals surface area (Å²) in [5.74, 6) is 0.407. The second kappa shape index (κ2) is 7.32. The van der Waals surface area contributed by atoms with Crippen molar-refractivity contribution in [2.24, 2.45) is 10.7 Å². The number of hydrogen-bond acceptors (Lipinski definition) is 3. The highest BCUT2D eigenvalue weighted by molar-refractivity contribution is 14.0. The zero-order chi connectivity index (χ0) is 12.1. The van der Waals surface area contributed by atoms with Gasteiger partial charge in [-0.25, -0.2) is 9.98 Å². The van der Waals surface area contributed by atoms with Gasteiger partial charge in [-0.15, -0.1) is 35.3 Å². The van der Waals surface area contributed by atoms with Crippen LogP contribution in [0.2, 0.25) is 0 Å². The summed E-state index contributed by atoms with van der Waals surface area (Å²) in [5, 5.41) is 4.00. The Hall–Kier alpha value is -1.15. The highest BCUT2D eigenvalue weighted by Crippen LogP contribution is 2.12. The minimum Gasteiger partial charge on any atom is -0.370 e. The normalized spacial score (nSPS) is 10.8. The fourth-order valence-electron chi connectivity index (χ4n) is 1.34. The van der Waals surface area contributed by atoms with E-state index in [0.29, 0.717) is 12.5 Å². The lowest BCUT2D eigenvalue weighted by atomic mass is 10.3. The minimum absolute atomic E-state index is 0. The first-order chi connectivity index (χ1) is 8.24. The van der Waals surface area contributed by atoms with Crippen molar-refractivity contribution >= 4 is 47.0 Å². The summed E-state index contributed by atoms with van der Waals surface area (Å²) >= 11 is 1.63. The lowest BCUT2D eigenvalue weighted by molar-refractivity contribution is 1.03. The first-order valence-corrected chi connectivity index (χ1v) is 6.09. The molecule has 0 aliphatic rings. The van der Waals surface area contributed by atoms with Crippen LogP contribution in [0.25, 0.3) is 0 Å². The van der Waals surface area contributed by atoms with Crippen molar-refractivity contribution in [3.8, 4) is 0 Å². The number of thiazole rings is 1. The monoisotopic (exact) mass is 374 g/mol. The average Bonchev–Trinajstić information content (AvgIpc) is 2.74. The molecule has 0 saturated carbocycles. The molecule has 0 aliphatic carbocycles. The average molecular weight is 374 g/mol. The van der Waals surface area contributed by atoms with Gasteiger partial charge in [-0.3, -0.25) is 0 Å². The van der Waals surface area contributed by atoms with Gasteiger partial charge in [0.1, 0.15) is 5.01 Å². The van der Waals surface area contributed by atoms with Crippen LogP contribution >= 0.6 is 35.3 Å². The molecule has 3 N–H and O–H groups in total. The molecule has 0 unspecified atom stereocenters. The molecule has 0 saturated heterocycles. The largest absolute Gasteiger partial charge is 0.370 e. The lowest BCUT2D eigenvalue weighted by Crippen LogP contribution is -2.22. The predicted molar refractivity (Wildman–Crippen MR) is 87.7 cm³/mol. The summed E-state index contributed by atoms with van der Waals surface area (Å²) < 4.78 is 0. The number of nitrogens with two attached hydrogens (primary N) is 1. The van der Waals surface area contributed by atoms with Crippen LogP contribution in [0.4, 0.5) is 5.69 Å². The Morgan fingerprint density at radius 1 is 1.39 bits per heavy atom. The van der Waals surface area contributed by atoms with Gasteiger partial charge in [0, 0.05) is 16.8 Å². The minimum atomic E-state index is 0. The molecular weight excluding hydrogens is 359 g/mol. The van der Waals surface area contributed by atoms with Crippen molar-refractivity contribution in [1.82, 2.24) is 4.98 Å². The van der Waals surface area contributed by atoms with Gasteiger partial charge in [-0.05, 0) is 19.1 Å². The van der Waals surface area contributed by atoms with Crippen LogP contribution in [0.5, 0.6) is 0 Å². The smallest absolute Gasteiger partial charge is 0.193 e. The van der Waals surface area contributed by atoms with E-state index < -0.39 is 0 Å². The number of halogens is 1. The Bertz CT molecular complexity index is 510. The van der Waals surface area contributed by atoms with Gasteiger partial charge in [-0.1, -0.05) is 18.2 Å². The van der Waals surface area contributed by atoms with E-state index >= 15 is 0 Å². The van der Waals surface area contributed by atoms with Crippen molar-refractivity contribution in [2.75, 3.05) is 5.32 Å². The molecule has 0 amide bonds. The predicted octanol–water partition coefficient (Wildman–Crippen LogP) is 3.00. The molecule has 4 nitrogen and oxygen atoms in total. The van der Waals surface area contributed by atoms with Gasteiger partial charge in [0.2, 0.25) is 0 Å². The Labute approximate surface area is 127 Å². The highest BCUT2D eigenvalue weighted by atomic mass is 127. The summed E-state index contributed by atoms with van der Waals surface area (Å²) in [5.41, 5.74) is 6.71. The van der Waals surface area contributed by atoms with Crippen LogP contribution in [-0.2, 0) is 6.54 Å². The molecule has 18 heavy (non-hydrogen) atoms. The summed E-state index contributed by atoms with van der Waals surface area (Å²) in [4.78, 5) is 9.64. The molecule has 2 rings (SSSR count). The third-order valence-electron chi connectivity index (χ3n) is 2.10. The number of para-hydroxylation sites is 1. The van der Waals surface area contributed by atoms with E-state index in [1.54, 1.807) is 11.3 Å². The number of aliphatic imine (C=N–C) groups is 1. The van der Waals surface area contributed by atoms with Crippen LogP contribution in [0, 0.1) is 6.92 Å². The number of aromatic nitrogens is 1. The van der Waals surface area contributed by atoms with E-state index in [-0.39, 0.29) is 24.0 Å². The van der Waals surface area contributed by atoms with Crippen LogP contribution in [0.1, 0.15) is 9.88 Å². The van der Waals surface area contributed by atoms with E-state index in [4.69, 9.17) is 5.73 Å². The zero-order valence-corrected chi connectivity index (χ0v) is 13.1. The molecule has 0 aliphatic heterocycles. The van der Waals surface area contributed by atoms with Crippen molar-refractivity contribution < 1.29 is 0 Å². The Kier molecular flexibility index (Phi) is 6.06. The van der Waals surface area contributed by atoms with Gasteiger partial charge < -0.3 is 11.1 Å². The first kappa shape index (κ1) is 14.9. The van der Waals surface area contributed by atoms with Gasteiger partial charge in [0.25, 0.3) is 0 Å². The van der Waals surface area contributed by atoms with Gasteiger partial charge in [-0.2, -0.15) is 0 Å². The third kappa shape index (κ3) is 4.61. The maximum atomic E-state index is 5.78. The molecule has 0 fully saturated rings. The molecule has 1 aromatic heterocycles. The molecule has 0 spiro atoms. The fraction of sp³-hybridized carbons (Fsp3) is 0.167. The number of aryl methyl sites for hydroxylation is 1. The Balaban J connectivity index is 0.00000162. The quantitative estimate of drug-likeness (QED) is 0.493. The molecule has 1 heterocycles. The standard InChI is InChI=1S/C12H14N4S.HI/c1-9-7-14-11(17-9)8-15-12(13)16-10-5-3-2-4-6-10;/h2-7H,8H2,1H3,(H3,13,15,16);1H. The molecule has 0 atom stereocenters. The maximum absolute atomic E-state index is 5.78. The lowest BCUT2D eigenvalue weighted by Gasteiger charge is -2.04. The molecule has 0 bridgehead atoms. The van der Waals surface area contributed by atoms with Gasteiger partial charge >= 0.3 is 0 Å². The van der Waals surface area contributed by atoms with E-state index in [9.17, 15) is 0 Å². The first-order valence-electron chi connectivity index (χ1n) is 5.27. The maximum Gasteiger partial charge on any atom is 0.193 e. The van der Waals surface area contributed by atoms with Crippen molar-refractivity contribution in [1.29, 1.82) is 0 Å². The molecule has 0 radical (unpaired) electrons. The number of rotatable bonds is 3. The van der Waals surface area contributed by atoms with E-state index in [0.717, 1.165) is 10.7 Å². The van der Waals surface area contributed by atoms with Crippen LogP contribution < -0.4 is 11.1 Å². The van der Waals surface area contributed by atoms with Crippen LogP contribution in [0.15, 0.2) is 41.5 Å². The van der Waals surface area contributed by atoms with Gasteiger partial charge in [0.05, 0.1) is 6.54 Å². The molecular formula is C12H15IN4S. The number of guanidine groups is 1. The SMILES string of the molecule is Cc1cnc(CN=C(N)Nc2ccccc2)s1.I. The van der Waals surface area contributed by atoms with Crippen LogP contribution in [0.3, 0.4) is 0 Å². The molecule has 1 aromatic carbocycles. The van der Waals surface area contributed by atoms with Crippen molar-refractivity contribution in [2.45, 2.75) is 13.5 Å². The van der Waals surface area contributed by atoms with Crippen molar-refractivity contribution in [3.63, 3.8) is 0 Å². The molecule has 96 valence electrons. The van der Waals surface area contributed by atoms with E-state index in [1.165, 1.54) is 4.88 Å². The third-order valence-corrected chi connectivity index (χ3v) is 3.00. The number of benzene rings is 1. The van der Waals surface area contributed by atoms with Crippen molar-refractivity contribution in [3.05, 3.63) is 46.4 Å². The number of anilines is 1. The van der Waals surface area contributed by atoms with Gasteiger partial charge in [0.15, 0.2) is 5.96 Å². The topological polar surface area (TPSA) is 63.3 Å². The number of hydrogen-bond donors (Lipinski definition) is 2. The summed E-state index contributed by atoms with van der Waals surface area (Å²) in [6, 6.07) is 9.72. The van der Waals surface area contributed by atoms with Crippen LogP contribution in [-0.4, -0.2) is 10.9 Å². The summed E-state index contributed by atoms with van der Waals surface area (Å²) in [6.07, 6.45) is 1.84. The van der Waals surface area contributed by atoms with E-state index in [1.807, 2.05) is 43.5 Å². The fourth-order valence-corrected chi connectivity index (χ4v) is 2.05. The molecule has 6 heteroatoms. The number of nitrogens with one attached hydrogen (secondary N) is 1. The zero-order valence-electron chi connectivity index (χ0n) is 9.96. The second-order valence-corrected chi connectivity index (χ2v) is 4.88. The molecule has 2 aromatic rings. The summed E-state index contributed by atoms with van der Waals surface area (Å²) in [7, 11) is 0. The Morgan fingerprint density at radius 3 is 2.72 bits per heavy atom. The Morgan fingerprint density at radius 2 is 2.11 bits per heavy atom. The number of nitrogens with zero attached hydrogens (tertiary/aromatic N) is 2. The van der Waals surface area contributed by atoms with E-state index in [2.05, 4.69) is 15.3 Å². The second-order valence-electron chi connectivity index (χ2n) is 3.56. The summed E-state index contributed by atoms with van der Waals surface area (Å²) in [6.45, 7) is 2.54.